The summed E-state index contributed by atoms with van der Waals surface area (Å²) >= 11 is 3.29. The van der Waals surface area contributed by atoms with Crippen LogP contribution in [0.15, 0.2) is 22.7 Å². The predicted molar refractivity (Wildman–Crippen MR) is 76.2 cm³/mol. The standard InChI is InChI=1S/C14H15BrFNO4/c1-7(2)17-11(18)6-21-13(14(19)20)12(17)9-5-8(16)3-4-10(9)15/h3-5,7,12-13H,6H2,1-2H3,(H,19,20). The van der Waals surface area contributed by atoms with Gasteiger partial charge >= 0.3 is 5.97 Å². The van der Waals surface area contributed by atoms with Crippen LogP contribution in [-0.2, 0) is 14.3 Å². The van der Waals surface area contributed by atoms with E-state index in [2.05, 4.69) is 15.9 Å². The molecule has 2 unspecified atom stereocenters. The lowest BCUT2D eigenvalue weighted by Crippen LogP contribution is -2.54. The fraction of sp³-hybridized carbons (Fsp3) is 0.429. The maximum atomic E-state index is 13.5. The summed E-state index contributed by atoms with van der Waals surface area (Å²) in [6, 6.07) is 2.86. The molecule has 0 saturated carbocycles. The lowest BCUT2D eigenvalue weighted by Gasteiger charge is -2.42. The van der Waals surface area contributed by atoms with Crippen molar-refractivity contribution in [1.29, 1.82) is 0 Å². The number of aliphatic carboxylic acids is 1. The molecule has 0 aromatic heterocycles. The van der Waals surface area contributed by atoms with Crippen LogP contribution in [0.5, 0.6) is 0 Å². The second kappa shape index (κ2) is 6.11. The van der Waals surface area contributed by atoms with Gasteiger partial charge in [-0.25, -0.2) is 9.18 Å². The van der Waals surface area contributed by atoms with Crippen molar-refractivity contribution in [1.82, 2.24) is 4.90 Å². The van der Waals surface area contributed by atoms with Gasteiger partial charge in [0.25, 0.3) is 0 Å². The average molecular weight is 360 g/mol. The van der Waals surface area contributed by atoms with Gasteiger partial charge in [0.15, 0.2) is 6.10 Å². The summed E-state index contributed by atoms with van der Waals surface area (Å²) in [5, 5.41) is 9.34. The summed E-state index contributed by atoms with van der Waals surface area (Å²) in [7, 11) is 0. The maximum absolute atomic E-state index is 13.5. The first kappa shape index (κ1) is 15.9. The Hall–Kier alpha value is -1.47. The van der Waals surface area contributed by atoms with Crippen LogP contribution in [0.2, 0.25) is 0 Å². The molecule has 1 amide bonds. The van der Waals surface area contributed by atoms with E-state index in [1.807, 2.05) is 0 Å². The topological polar surface area (TPSA) is 66.8 Å². The average Bonchev–Trinajstić information content (AvgIpc) is 2.40. The number of carboxylic acid groups (broad SMARTS) is 1. The highest BCUT2D eigenvalue weighted by molar-refractivity contribution is 9.10. The third-order valence-electron chi connectivity index (χ3n) is 3.34. The summed E-state index contributed by atoms with van der Waals surface area (Å²) in [6.07, 6.45) is -1.23. The van der Waals surface area contributed by atoms with Gasteiger partial charge in [0.1, 0.15) is 12.4 Å². The summed E-state index contributed by atoms with van der Waals surface area (Å²) in [5.41, 5.74) is 0.379. The largest absolute Gasteiger partial charge is 0.479 e. The second-order valence-electron chi connectivity index (χ2n) is 5.08. The highest BCUT2D eigenvalue weighted by atomic mass is 79.9. The normalized spacial score (nSPS) is 22.7. The number of hydrogen-bond acceptors (Lipinski definition) is 3. The van der Waals surface area contributed by atoms with Crippen LogP contribution < -0.4 is 0 Å². The van der Waals surface area contributed by atoms with E-state index in [1.165, 1.54) is 23.1 Å². The third kappa shape index (κ3) is 3.08. The van der Waals surface area contributed by atoms with E-state index in [0.29, 0.717) is 10.0 Å². The zero-order chi connectivity index (χ0) is 15.7. The van der Waals surface area contributed by atoms with E-state index >= 15 is 0 Å². The minimum Gasteiger partial charge on any atom is -0.479 e. The Morgan fingerprint density at radius 3 is 2.76 bits per heavy atom. The van der Waals surface area contributed by atoms with E-state index < -0.39 is 23.9 Å². The number of amides is 1. The van der Waals surface area contributed by atoms with Crippen LogP contribution in [-0.4, -0.2) is 40.6 Å². The number of nitrogens with zero attached hydrogens (tertiary/aromatic N) is 1. The van der Waals surface area contributed by atoms with Gasteiger partial charge in [0.05, 0.1) is 6.04 Å². The molecule has 1 saturated heterocycles. The molecule has 2 rings (SSSR count). The molecule has 114 valence electrons. The monoisotopic (exact) mass is 359 g/mol. The Bertz CT molecular complexity index is 578. The zero-order valence-corrected chi connectivity index (χ0v) is 13.1. The number of morpholine rings is 1. The molecule has 0 spiro atoms. The van der Waals surface area contributed by atoms with E-state index in [1.54, 1.807) is 13.8 Å². The lowest BCUT2D eigenvalue weighted by molar-refractivity contribution is -0.175. The van der Waals surface area contributed by atoms with Crippen LogP contribution in [0.1, 0.15) is 25.5 Å². The van der Waals surface area contributed by atoms with Crippen molar-refractivity contribution in [3.05, 3.63) is 34.1 Å². The number of hydrogen-bond donors (Lipinski definition) is 1. The minimum atomic E-state index is -1.23. The molecular weight excluding hydrogens is 345 g/mol. The number of halogens is 2. The van der Waals surface area contributed by atoms with Crippen molar-refractivity contribution >= 4 is 27.8 Å². The molecule has 1 aliphatic heterocycles. The third-order valence-corrected chi connectivity index (χ3v) is 4.06. The zero-order valence-electron chi connectivity index (χ0n) is 11.5. The molecular formula is C14H15BrFNO4. The quantitative estimate of drug-likeness (QED) is 0.899. The smallest absolute Gasteiger partial charge is 0.335 e. The number of ether oxygens (including phenoxy) is 1. The number of carboxylic acids is 1. The first-order valence-corrected chi connectivity index (χ1v) is 7.22. The molecule has 1 aromatic carbocycles. The van der Waals surface area contributed by atoms with Crippen molar-refractivity contribution < 1.29 is 23.8 Å². The molecule has 1 aliphatic rings. The summed E-state index contributed by atoms with van der Waals surface area (Å²) in [4.78, 5) is 25.0. The fourth-order valence-electron chi connectivity index (χ4n) is 2.50. The molecule has 21 heavy (non-hydrogen) atoms. The van der Waals surface area contributed by atoms with Crippen LogP contribution >= 0.6 is 15.9 Å². The van der Waals surface area contributed by atoms with Gasteiger partial charge in [0.2, 0.25) is 5.91 Å². The van der Waals surface area contributed by atoms with Crippen molar-refractivity contribution in [2.45, 2.75) is 32.0 Å². The van der Waals surface area contributed by atoms with Crippen molar-refractivity contribution in [3.8, 4) is 0 Å². The van der Waals surface area contributed by atoms with Gasteiger partial charge in [-0.05, 0) is 37.6 Å². The first-order valence-electron chi connectivity index (χ1n) is 6.43. The Morgan fingerprint density at radius 1 is 1.52 bits per heavy atom. The minimum absolute atomic E-state index is 0.233. The van der Waals surface area contributed by atoms with Crippen LogP contribution in [0.25, 0.3) is 0 Å². The number of rotatable bonds is 3. The van der Waals surface area contributed by atoms with E-state index in [9.17, 15) is 19.1 Å². The molecule has 2 atom stereocenters. The van der Waals surface area contributed by atoms with Crippen molar-refractivity contribution in [2.24, 2.45) is 0 Å². The molecule has 5 nitrogen and oxygen atoms in total. The molecule has 7 heteroatoms. The van der Waals surface area contributed by atoms with Gasteiger partial charge in [-0.15, -0.1) is 0 Å². The van der Waals surface area contributed by atoms with Gasteiger partial charge in [-0.3, -0.25) is 4.79 Å². The maximum Gasteiger partial charge on any atom is 0.335 e. The van der Waals surface area contributed by atoms with E-state index in [4.69, 9.17) is 4.74 Å². The molecule has 1 N–H and O–H groups in total. The van der Waals surface area contributed by atoms with Crippen LogP contribution in [0.4, 0.5) is 4.39 Å². The van der Waals surface area contributed by atoms with Crippen LogP contribution in [0.3, 0.4) is 0 Å². The lowest BCUT2D eigenvalue weighted by atomic mass is 9.96. The van der Waals surface area contributed by atoms with Gasteiger partial charge < -0.3 is 14.7 Å². The van der Waals surface area contributed by atoms with Gasteiger partial charge in [-0.1, -0.05) is 15.9 Å². The Kier molecular flexibility index (Phi) is 4.63. The Balaban J connectivity index is 2.56. The van der Waals surface area contributed by atoms with Crippen LogP contribution in [0, 0.1) is 5.82 Å². The highest BCUT2D eigenvalue weighted by Crippen LogP contribution is 2.36. The molecule has 0 bridgehead atoms. The fourth-order valence-corrected chi connectivity index (χ4v) is 2.98. The highest BCUT2D eigenvalue weighted by Gasteiger charge is 2.43. The van der Waals surface area contributed by atoms with Crippen molar-refractivity contribution in [2.75, 3.05) is 6.61 Å². The number of benzene rings is 1. The summed E-state index contributed by atoms with van der Waals surface area (Å²) in [6.45, 7) is 3.27. The molecule has 1 aromatic rings. The molecule has 0 aliphatic carbocycles. The molecule has 1 heterocycles. The Labute approximate surface area is 129 Å². The number of carbonyl (C=O) groups excluding carboxylic acids is 1. The van der Waals surface area contributed by atoms with Gasteiger partial charge in [0, 0.05) is 10.5 Å². The molecule has 0 radical (unpaired) electrons. The molecule has 1 fully saturated rings. The van der Waals surface area contributed by atoms with Gasteiger partial charge in [-0.2, -0.15) is 0 Å². The summed E-state index contributed by atoms with van der Waals surface area (Å²) < 4.78 is 19.2. The second-order valence-corrected chi connectivity index (χ2v) is 5.93. The Morgan fingerprint density at radius 2 is 2.19 bits per heavy atom. The predicted octanol–water partition coefficient (Wildman–Crippen LogP) is 2.35. The first-order chi connectivity index (χ1) is 9.82. The SMILES string of the molecule is CC(C)N1C(=O)COC(C(=O)O)C1c1cc(F)ccc1Br. The summed E-state index contributed by atoms with van der Waals surface area (Å²) in [5.74, 6) is -2.00. The van der Waals surface area contributed by atoms with E-state index in [-0.39, 0.29) is 18.6 Å². The van der Waals surface area contributed by atoms with Crippen molar-refractivity contribution in [3.63, 3.8) is 0 Å². The number of carbonyl (C=O) groups is 2. The van der Waals surface area contributed by atoms with E-state index in [0.717, 1.165) is 0 Å².